The first-order valence-corrected chi connectivity index (χ1v) is 2.99. The van der Waals surface area contributed by atoms with Crippen LogP contribution in [0.3, 0.4) is 0 Å². The molecule has 3 heteroatoms. The van der Waals surface area contributed by atoms with Crippen LogP contribution in [-0.2, 0) is 0 Å². The van der Waals surface area contributed by atoms with Crippen LogP contribution in [0, 0.1) is 0 Å². The van der Waals surface area contributed by atoms with E-state index in [1.165, 1.54) is 0 Å². The fraction of sp³-hybridized carbons (Fsp3) is 0. The smallest absolute Gasteiger partial charge is 0.0996 e. The molecular weight excluding hydrogens is 128 g/mol. The summed E-state index contributed by atoms with van der Waals surface area (Å²) >= 11 is 0. The largest absolute Gasteiger partial charge is 0.472 e. The minimum absolute atomic E-state index is 0.980. The fourth-order valence-electron chi connectivity index (χ4n) is 0.834. The van der Waals surface area contributed by atoms with Crippen LogP contribution >= 0.6 is 0 Å². The molecule has 0 saturated carbocycles. The van der Waals surface area contributed by atoms with Gasteiger partial charge in [0.1, 0.15) is 0 Å². The van der Waals surface area contributed by atoms with Crippen LogP contribution in [0.1, 0.15) is 0 Å². The van der Waals surface area contributed by atoms with Crippen LogP contribution < -0.4 is 0 Å². The van der Waals surface area contributed by atoms with E-state index in [4.69, 9.17) is 4.42 Å². The Morgan fingerprint density at radius 2 is 2.40 bits per heavy atom. The number of H-pyrrole nitrogens is 1. The SMILES string of the molecule is c1cc(-c2ccoc2)[nH]n1. The van der Waals surface area contributed by atoms with Crippen molar-refractivity contribution in [2.24, 2.45) is 0 Å². The van der Waals surface area contributed by atoms with E-state index < -0.39 is 0 Å². The van der Waals surface area contributed by atoms with Crippen molar-refractivity contribution in [3.63, 3.8) is 0 Å². The minimum Gasteiger partial charge on any atom is -0.472 e. The van der Waals surface area contributed by atoms with E-state index in [9.17, 15) is 0 Å². The molecule has 0 spiro atoms. The van der Waals surface area contributed by atoms with Gasteiger partial charge in [-0.3, -0.25) is 5.10 Å². The summed E-state index contributed by atoms with van der Waals surface area (Å²) < 4.78 is 4.89. The summed E-state index contributed by atoms with van der Waals surface area (Å²) in [7, 11) is 0. The maximum atomic E-state index is 4.89. The molecular formula is C7H6N2O. The van der Waals surface area contributed by atoms with Crippen molar-refractivity contribution in [3.05, 3.63) is 30.9 Å². The lowest BCUT2D eigenvalue weighted by molar-refractivity contribution is 0.568. The highest BCUT2D eigenvalue weighted by atomic mass is 16.3. The van der Waals surface area contributed by atoms with Gasteiger partial charge in [0.25, 0.3) is 0 Å². The number of aromatic nitrogens is 2. The van der Waals surface area contributed by atoms with Gasteiger partial charge in [0.2, 0.25) is 0 Å². The zero-order valence-corrected chi connectivity index (χ0v) is 5.24. The maximum Gasteiger partial charge on any atom is 0.0996 e. The summed E-state index contributed by atoms with van der Waals surface area (Å²) in [5.41, 5.74) is 2.01. The van der Waals surface area contributed by atoms with Crippen LogP contribution in [0.25, 0.3) is 11.3 Å². The van der Waals surface area contributed by atoms with Gasteiger partial charge in [0.05, 0.1) is 18.2 Å². The molecule has 0 aliphatic rings. The third-order valence-corrected chi connectivity index (χ3v) is 1.33. The lowest BCUT2D eigenvalue weighted by Crippen LogP contribution is -1.70. The molecule has 0 aliphatic heterocycles. The summed E-state index contributed by atoms with van der Waals surface area (Å²) in [6.45, 7) is 0. The Morgan fingerprint density at radius 3 is 3.00 bits per heavy atom. The van der Waals surface area contributed by atoms with Gasteiger partial charge in [0.15, 0.2) is 0 Å². The molecule has 0 bridgehead atoms. The molecule has 2 aromatic rings. The molecule has 0 aliphatic carbocycles. The average Bonchev–Trinajstić information content (AvgIpc) is 2.59. The van der Waals surface area contributed by atoms with Crippen LogP contribution in [-0.4, -0.2) is 10.2 Å². The first kappa shape index (κ1) is 5.29. The summed E-state index contributed by atoms with van der Waals surface area (Å²) in [5.74, 6) is 0. The number of aromatic amines is 1. The molecule has 0 unspecified atom stereocenters. The second-order valence-corrected chi connectivity index (χ2v) is 1.98. The number of nitrogens with one attached hydrogen (secondary N) is 1. The fourth-order valence-corrected chi connectivity index (χ4v) is 0.834. The Balaban J connectivity index is 2.48. The van der Waals surface area contributed by atoms with Gasteiger partial charge in [-0.2, -0.15) is 5.10 Å². The van der Waals surface area contributed by atoms with Crippen molar-refractivity contribution in [2.75, 3.05) is 0 Å². The lowest BCUT2D eigenvalue weighted by atomic mass is 10.2. The molecule has 2 rings (SSSR count). The highest BCUT2D eigenvalue weighted by Gasteiger charge is 1.96. The second-order valence-electron chi connectivity index (χ2n) is 1.98. The third-order valence-electron chi connectivity index (χ3n) is 1.33. The molecule has 2 heterocycles. The Bertz CT molecular complexity index is 251. The maximum absolute atomic E-state index is 4.89. The van der Waals surface area contributed by atoms with Gasteiger partial charge in [-0.25, -0.2) is 0 Å². The zero-order valence-electron chi connectivity index (χ0n) is 5.24. The molecule has 0 saturated heterocycles. The van der Waals surface area contributed by atoms with E-state index in [0.29, 0.717) is 0 Å². The van der Waals surface area contributed by atoms with Gasteiger partial charge in [0, 0.05) is 11.8 Å². The van der Waals surface area contributed by atoms with Gasteiger partial charge in [-0.1, -0.05) is 0 Å². The van der Waals surface area contributed by atoms with E-state index in [1.54, 1.807) is 18.7 Å². The van der Waals surface area contributed by atoms with Crippen LogP contribution in [0.5, 0.6) is 0 Å². The van der Waals surface area contributed by atoms with Crippen molar-refractivity contribution in [3.8, 4) is 11.3 Å². The summed E-state index contributed by atoms with van der Waals surface area (Å²) in [4.78, 5) is 0. The summed E-state index contributed by atoms with van der Waals surface area (Å²) in [6.07, 6.45) is 5.02. The standard InChI is InChI=1S/C7H6N2O/c1-3-8-9-7(1)6-2-4-10-5-6/h1-5H,(H,8,9). The van der Waals surface area contributed by atoms with E-state index in [2.05, 4.69) is 10.2 Å². The molecule has 3 nitrogen and oxygen atoms in total. The van der Waals surface area contributed by atoms with Crippen molar-refractivity contribution >= 4 is 0 Å². The normalized spacial score (nSPS) is 10.0. The molecule has 2 aromatic heterocycles. The quantitative estimate of drug-likeness (QED) is 0.644. The first-order chi connectivity index (χ1) is 4.97. The van der Waals surface area contributed by atoms with Gasteiger partial charge in [-0.05, 0) is 12.1 Å². The van der Waals surface area contributed by atoms with E-state index >= 15 is 0 Å². The molecule has 1 N–H and O–H groups in total. The predicted molar refractivity (Wildman–Crippen MR) is 36.3 cm³/mol. The molecule has 0 amide bonds. The van der Waals surface area contributed by atoms with Crippen molar-refractivity contribution in [2.45, 2.75) is 0 Å². The average molecular weight is 134 g/mol. The topological polar surface area (TPSA) is 41.8 Å². The Hall–Kier alpha value is -1.51. The molecule has 0 radical (unpaired) electrons. The molecule has 0 fully saturated rings. The molecule has 0 atom stereocenters. The summed E-state index contributed by atoms with van der Waals surface area (Å²) in [5, 5.41) is 6.64. The van der Waals surface area contributed by atoms with Crippen LogP contribution in [0.15, 0.2) is 35.3 Å². The number of hydrogen-bond acceptors (Lipinski definition) is 2. The van der Waals surface area contributed by atoms with Gasteiger partial charge >= 0.3 is 0 Å². The third kappa shape index (κ3) is 0.719. The minimum atomic E-state index is 0.980. The zero-order chi connectivity index (χ0) is 6.81. The monoisotopic (exact) mass is 134 g/mol. The Labute approximate surface area is 57.7 Å². The summed E-state index contributed by atoms with van der Waals surface area (Å²) in [6, 6.07) is 3.78. The number of rotatable bonds is 1. The number of hydrogen-bond donors (Lipinski definition) is 1. The van der Waals surface area contributed by atoms with E-state index in [1.807, 2.05) is 12.1 Å². The predicted octanol–water partition coefficient (Wildman–Crippen LogP) is 1.67. The lowest BCUT2D eigenvalue weighted by Gasteiger charge is -1.84. The van der Waals surface area contributed by atoms with E-state index in [-0.39, 0.29) is 0 Å². The first-order valence-electron chi connectivity index (χ1n) is 2.99. The van der Waals surface area contributed by atoms with E-state index in [0.717, 1.165) is 11.3 Å². The Morgan fingerprint density at radius 1 is 1.40 bits per heavy atom. The Kier molecular flexibility index (Phi) is 1.07. The highest BCUT2D eigenvalue weighted by Crippen LogP contribution is 2.14. The molecule has 50 valence electrons. The number of nitrogens with zero attached hydrogens (tertiary/aromatic N) is 1. The number of furan rings is 1. The van der Waals surface area contributed by atoms with Gasteiger partial charge < -0.3 is 4.42 Å². The van der Waals surface area contributed by atoms with Crippen LogP contribution in [0.4, 0.5) is 0 Å². The highest BCUT2D eigenvalue weighted by molar-refractivity contribution is 5.55. The van der Waals surface area contributed by atoms with Crippen molar-refractivity contribution in [1.82, 2.24) is 10.2 Å². The van der Waals surface area contributed by atoms with Crippen molar-refractivity contribution in [1.29, 1.82) is 0 Å². The van der Waals surface area contributed by atoms with Crippen LogP contribution in [0.2, 0.25) is 0 Å². The van der Waals surface area contributed by atoms with Gasteiger partial charge in [-0.15, -0.1) is 0 Å². The second kappa shape index (κ2) is 2.02. The molecule has 10 heavy (non-hydrogen) atoms. The molecule has 0 aromatic carbocycles. The van der Waals surface area contributed by atoms with Crippen molar-refractivity contribution < 1.29 is 4.42 Å².